The number of urea groups is 1. The average Bonchev–Trinajstić information content (AvgIpc) is 2.65. The molecule has 1 aromatic rings. The minimum absolute atomic E-state index is 0.0366. The highest BCUT2D eigenvalue weighted by Crippen LogP contribution is 2.41. The van der Waals surface area contributed by atoms with Gasteiger partial charge in [0.05, 0.1) is 36.9 Å². The Morgan fingerprint density at radius 2 is 2.03 bits per heavy atom. The van der Waals surface area contributed by atoms with Gasteiger partial charge in [0.15, 0.2) is 5.75 Å². The molecule has 0 radical (unpaired) electrons. The van der Waals surface area contributed by atoms with Gasteiger partial charge in [-0.2, -0.15) is 0 Å². The quantitative estimate of drug-likeness (QED) is 0.385. The van der Waals surface area contributed by atoms with Crippen molar-refractivity contribution in [2.75, 3.05) is 20.3 Å². The van der Waals surface area contributed by atoms with Crippen LogP contribution in [0, 0.1) is 16.0 Å². The fourth-order valence-corrected chi connectivity index (χ4v) is 2.91. The first-order chi connectivity index (χ1) is 13.7. The number of rotatable bonds is 8. The number of hydrogen-bond donors (Lipinski definition) is 2. The van der Waals surface area contributed by atoms with E-state index in [4.69, 9.17) is 14.2 Å². The number of hydrogen-bond acceptors (Lipinski definition) is 7. The Morgan fingerprint density at radius 3 is 2.59 bits per heavy atom. The zero-order chi connectivity index (χ0) is 21.7. The summed E-state index contributed by atoms with van der Waals surface area (Å²) in [5, 5.41) is 16.7. The lowest BCUT2D eigenvalue weighted by Crippen LogP contribution is -2.45. The molecule has 1 aliphatic rings. The lowest BCUT2D eigenvalue weighted by atomic mass is 9.94. The van der Waals surface area contributed by atoms with Gasteiger partial charge in [-0.1, -0.05) is 13.8 Å². The number of allylic oxidation sites excluding steroid dienone is 1. The van der Waals surface area contributed by atoms with Crippen LogP contribution in [0.3, 0.4) is 0 Å². The number of benzene rings is 1. The van der Waals surface area contributed by atoms with Gasteiger partial charge in [0, 0.05) is 11.8 Å². The second kappa shape index (κ2) is 9.26. The van der Waals surface area contributed by atoms with E-state index in [0.29, 0.717) is 11.3 Å². The highest BCUT2D eigenvalue weighted by molar-refractivity contribution is 5.95. The second-order valence-corrected chi connectivity index (χ2v) is 6.82. The molecule has 29 heavy (non-hydrogen) atoms. The molecule has 10 heteroatoms. The van der Waals surface area contributed by atoms with Crippen molar-refractivity contribution in [1.29, 1.82) is 0 Å². The number of nitrogens with zero attached hydrogens (tertiary/aromatic N) is 1. The zero-order valence-corrected chi connectivity index (χ0v) is 17.0. The monoisotopic (exact) mass is 407 g/mol. The molecule has 0 saturated heterocycles. The van der Waals surface area contributed by atoms with Gasteiger partial charge < -0.3 is 24.8 Å². The van der Waals surface area contributed by atoms with Crippen molar-refractivity contribution >= 4 is 17.7 Å². The molecule has 0 bridgehead atoms. The third kappa shape index (κ3) is 4.95. The number of methoxy groups -OCH3 is 1. The van der Waals surface area contributed by atoms with Gasteiger partial charge in [-0.15, -0.1) is 0 Å². The van der Waals surface area contributed by atoms with Gasteiger partial charge in [0.1, 0.15) is 0 Å². The Morgan fingerprint density at radius 1 is 1.34 bits per heavy atom. The molecule has 0 spiro atoms. The number of nitrogens with one attached hydrogen (secondary N) is 2. The fraction of sp³-hybridized carbons (Fsp3) is 0.474. The lowest BCUT2D eigenvalue weighted by molar-refractivity contribution is -0.385. The van der Waals surface area contributed by atoms with Gasteiger partial charge >= 0.3 is 17.7 Å². The number of amides is 2. The molecule has 1 aromatic carbocycles. The lowest BCUT2D eigenvalue weighted by Gasteiger charge is -2.28. The van der Waals surface area contributed by atoms with Crippen LogP contribution in [0.25, 0.3) is 0 Å². The van der Waals surface area contributed by atoms with Crippen LogP contribution in [-0.4, -0.2) is 37.2 Å². The van der Waals surface area contributed by atoms with Crippen molar-refractivity contribution in [2.45, 2.75) is 33.7 Å². The summed E-state index contributed by atoms with van der Waals surface area (Å²) >= 11 is 0. The molecule has 2 rings (SSSR count). The maximum Gasteiger partial charge on any atom is 0.338 e. The molecule has 1 heterocycles. The summed E-state index contributed by atoms with van der Waals surface area (Å²) in [6, 6.07) is 1.27. The molecular weight excluding hydrogens is 382 g/mol. The second-order valence-electron chi connectivity index (χ2n) is 6.82. The SMILES string of the molecule is CCOc1cc(C2NC(=O)NC(C)=C2C(=O)OCC(C)C)cc([N+](=O)[O-])c1OC. The van der Waals surface area contributed by atoms with Gasteiger partial charge in [-0.25, -0.2) is 9.59 Å². The standard InChI is InChI=1S/C19H25N3O7/c1-6-28-14-8-12(7-13(22(25)26)17(14)27-5)16-15(11(4)20-19(24)21-16)18(23)29-9-10(2)3/h7-8,10,16H,6,9H2,1-5H3,(H2,20,21,24). The molecule has 0 fully saturated rings. The van der Waals surface area contributed by atoms with Crippen LogP contribution in [0.15, 0.2) is 23.4 Å². The van der Waals surface area contributed by atoms with E-state index in [1.807, 2.05) is 13.8 Å². The van der Waals surface area contributed by atoms with E-state index in [9.17, 15) is 19.7 Å². The number of nitro groups is 1. The molecule has 0 saturated carbocycles. The Balaban J connectivity index is 2.59. The van der Waals surface area contributed by atoms with Gasteiger partial charge in [0.2, 0.25) is 5.75 Å². The maximum absolute atomic E-state index is 12.7. The molecule has 10 nitrogen and oxygen atoms in total. The minimum Gasteiger partial charge on any atom is -0.490 e. The molecule has 1 aliphatic heterocycles. The summed E-state index contributed by atoms with van der Waals surface area (Å²) in [4.78, 5) is 35.7. The normalized spacial score (nSPS) is 16.2. The van der Waals surface area contributed by atoms with E-state index in [1.165, 1.54) is 19.2 Å². The minimum atomic E-state index is -0.952. The van der Waals surface area contributed by atoms with Crippen molar-refractivity contribution in [2.24, 2.45) is 5.92 Å². The molecule has 0 aromatic heterocycles. The predicted octanol–water partition coefficient (Wildman–Crippen LogP) is 2.83. The smallest absolute Gasteiger partial charge is 0.338 e. The first-order valence-corrected chi connectivity index (χ1v) is 9.14. The molecular formula is C19H25N3O7. The molecule has 1 atom stereocenters. The van der Waals surface area contributed by atoms with Crippen molar-refractivity contribution in [3.8, 4) is 11.5 Å². The van der Waals surface area contributed by atoms with Crippen molar-refractivity contribution in [3.05, 3.63) is 39.1 Å². The average molecular weight is 407 g/mol. The highest BCUT2D eigenvalue weighted by Gasteiger charge is 2.35. The number of esters is 1. The van der Waals surface area contributed by atoms with Crippen molar-refractivity contribution < 1.29 is 28.7 Å². The van der Waals surface area contributed by atoms with E-state index < -0.39 is 23.0 Å². The summed E-state index contributed by atoms with van der Waals surface area (Å²) in [6.45, 7) is 7.53. The Kier molecular flexibility index (Phi) is 7.03. The molecule has 0 aliphatic carbocycles. The molecule has 1 unspecified atom stereocenters. The first-order valence-electron chi connectivity index (χ1n) is 9.14. The summed E-state index contributed by atoms with van der Waals surface area (Å²) in [6.07, 6.45) is 0. The van der Waals surface area contributed by atoms with Crippen LogP contribution in [0.1, 0.15) is 39.3 Å². The van der Waals surface area contributed by atoms with E-state index in [1.54, 1.807) is 13.8 Å². The first kappa shape index (κ1) is 22.0. The van der Waals surface area contributed by atoms with Crippen LogP contribution in [0.5, 0.6) is 11.5 Å². The van der Waals surface area contributed by atoms with Crippen LogP contribution in [0.2, 0.25) is 0 Å². The topological polar surface area (TPSA) is 129 Å². The highest BCUT2D eigenvalue weighted by atomic mass is 16.6. The third-order valence-corrected chi connectivity index (χ3v) is 4.13. The number of nitro benzene ring substituents is 1. The Bertz CT molecular complexity index is 848. The zero-order valence-electron chi connectivity index (χ0n) is 17.0. The summed E-state index contributed by atoms with van der Waals surface area (Å²) in [5.41, 5.74) is 0.427. The van der Waals surface area contributed by atoms with Crippen LogP contribution in [0.4, 0.5) is 10.5 Å². The third-order valence-electron chi connectivity index (χ3n) is 4.13. The summed E-state index contributed by atoms with van der Waals surface area (Å²) < 4.78 is 16.0. The molecule has 2 amide bonds. The van der Waals surface area contributed by atoms with Gasteiger partial charge in [-0.05, 0) is 31.4 Å². The number of ether oxygens (including phenoxy) is 3. The van der Waals surface area contributed by atoms with Gasteiger partial charge in [0.25, 0.3) is 0 Å². The van der Waals surface area contributed by atoms with Gasteiger partial charge in [-0.3, -0.25) is 10.1 Å². The number of carbonyl (C=O) groups is 2. The fourth-order valence-electron chi connectivity index (χ4n) is 2.91. The van der Waals surface area contributed by atoms with Crippen LogP contribution >= 0.6 is 0 Å². The van der Waals surface area contributed by atoms with E-state index in [-0.39, 0.29) is 41.9 Å². The van der Waals surface area contributed by atoms with E-state index >= 15 is 0 Å². The predicted molar refractivity (Wildman–Crippen MR) is 104 cm³/mol. The molecule has 2 N–H and O–H groups in total. The van der Waals surface area contributed by atoms with E-state index in [2.05, 4.69) is 10.6 Å². The maximum atomic E-state index is 12.7. The Labute approximate surface area is 168 Å². The van der Waals surface area contributed by atoms with Crippen molar-refractivity contribution in [3.63, 3.8) is 0 Å². The van der Waals surface area contributed by atoms with Crippen LogP contribution in [-0.2, 0) is 9.53 Å². The number of carbonyl (C=O) groups excluding carboxylic acids is 2. The van der Waals surface area contributed by atoms with Crippen molar-refractivity contribution in [1.82, 2.24) is 10.6 Å². The molecule has 158 valence electrons. The Hall–Kier alpha value is -3.30. The largest absolute Gasteiger partial charge is 0.490 e. The van der Waals surface area contributed by atoms with Crippen LogP contribution < -0.4 is 20.1 Å². The van der Waals surface area contributed by atoms with E-state index in [0.717, 1.165) is 0 Å². The summed E-state index contributed by atoms with van der Waals surface area (Å²) in [7, 11) is 1.30. The summed E-state index contributed by atoms with van der Waals surface area (Å²) in [5.74, 6) is -0.397.